The number of likely N-dealkylation sites (tertiary alicyclic amines) is 1. The van der Waals surface area contributed by atoms with Gasteiger partial charge < -0.3 is 20.0 Å². The Hall–Kier alpha value is -1.10. The van der Waals surface area contributed by atoms with Gasteiger partial charge in [-0.05, 0) is 31.1 Å². The molecule has 3 rings (SSSR count). The molecule has 2 saturated heterocycles. The average Bonchev–Trinajstić information content (AvgIpc) is 3.24. The molecule has 2 amide bonds. The maximum absolute atomic E-state index is 12.8. The van der Waals surface area contributed by atoms with Crippen LogP contribution in [0, 0.1) is 11.8 Å². The zero-order valence-electron chi connectivity index (χ0n) is 20.4. The highest BCUT2D eigenvalue weighted by molar-refractivity contribution is 14.0. The first-order valence-corrected chi connectivity index (χ1v) is 12.1. The highest BCUT2D eigenvalue weighted by atomic mass is 127. The van der Waals surface area contributed by atoms with Crippen molar-refractivity contribution in [1.82, 2.24) is 24.9 Å². The molecule has 8 nitrogen and oxygen atoms in total. The molecule has 2 unspecified atom stereocenters. The molecule has 3 aliphatic rings. The van der Waals surface area contributed by atoms with E-state index in [1.54, 1.807) is 19.0 Å². The predicted octanol–water partition coefficient (Wildman–Crippen LogP) is 1.70. The molecule has 1 saturated carbocycles. The number of halogens is 1. The van der Waals surface area contributed by atoms with Crippen molar-refractivity contribution in [2.75, 3.05) is 66.5 Å². The van der Waals surface area contributed by atoms with Crippen molar-refractivity contribution < 1.29 is 9.59 Å². The summed E-state index contributed by atoms with van der Waals surface area (Å²) >= 11 is 0. The third-order valence-corrected chi connectivity index (χ3v) is 6.80. The summed E-state index contributed by atoms with van der Waals surface area (Å²) in [6.45, 7) is 10.3. The van der Waals surface area contributed by atoms with Gasteiger partial charge in [0, 0.05) is 59.4 Å². The normalized spacial score (nSPS) is 25.4. The van der Waals surface area contributed by atoms with Crippen LogP contribution in [0.3, 0.4) is 0 Å². The van der Waals surface area contributed by atoms with E-state index in [4.69, 9.17) is 0 Å². The average molecular weight is 563 g/mol. The summed E-state index contributed by atoms with van der Waals surface area (Å²) in [5, 5.41) is 3.61. The number of nitrogens with zero attached hydrogens (tertiary/aromatic N) is 5. The number of nitrogens with one attached hydrogen (secondary N) is 1. The minimum absolute atomic E-state index is 0. The van der Waals surface area contributed by atoms with Crippen LogP contribution in [-0.4, -0.2) is 110 Å². The van der Waals surface area contributed by atoms with Gasteiger partial charge in [-0.3, -0.25) is 14.5 Å². The molecule has 9 heteroatoms. The van der Waals surface area contributed by atoms with Gasteiger partial charge in [-0.15, -0.1) is 24.0 Å². The predicted molar refractivity (Wildman–Crippen MR) is 139 cm³/mol. The Kier molecular flexibility index (Phi) is 11.0. The lowest BCUT2D eigenvalue weighted by molar-refractivity contribution is -0.135. The van der Waals surface area contributed by atoms with E-state index in [0.29, 0.717) is 24.4 Å². The SMILES string of the molecule is CC1CC(C)CN(C(=O)CN2CCN(C(=NCC(=O)N(C)C)NC3CCCC3)CC2)C1.I. The molecule has 1 aliphatic carbocycles. The molecule has 32 heavy (non-hydrogen) atoms. The summed E-state index contributed by atoms with van der Waals surface area (Å²) in [5.74, 6) is 2.32. The molecular weight excluding hydrogens is 519 g/mol. The van der Waals surface area contributed by atoms with E-state index in [-0.39, 0.29) is 42.3 Å². The molecule has 184 valence electrons. The van der Waals surface area contributed by atoms with Crippen molar-refractivity contribution in [2.45, 2.75) is 52.0 Å². The topological polar surface area (TPSA) is 71.5 Å². The molecule has 0 aromatic carbocycles. The number of likely N-dealkylation sites (N-methyl/N-ethyl adjacent to an activating group) is 1. The van der Waals surface area contributed by atoms with E-state index in [0.717, 1.165) is 45.2 Å². The third kappa shape index (κ3) is 8.04. The second kappa shape index (κ2) is 13.0. The van der Waals surface area contributed by atoms with Gasteiger partial charge in [0.2, 0.25) is 11.8 Å². The first kappa shape index (κ1) is 27.1. The Bertz CT molecular complexity index is 634. The highest BCUT2D eigenvalue weighted by Crippen LogP contribution is 2.21. The van der Waals surface area contributed by atoms with E-state index in [1.165, 1.54) is 32.1 Å². The van der Waals surface area contributed by atoms with Crippen molar-refractivity contribution in [3.8, 4) is 0 Å². The van der Waals surface area contributed by atoms with Gasteiger partial charge in [-0.2, -0.15) is 0 Å². The van der Waals surface area contributed by atoms with Crippen molar-refractivity contribution in [2.24, 2.45) is 16.8 Å². The van der Waals surface area contributed by atoms with Gasteiger partial charge >= 0.3 is 0 Å². The van der Waals surface area contributed by atoms with E-state index < -0.39 is 0 Å². The number of carbonyl (C=O) groups is 2. The number of guanidine groups is 1. The minimum atomic E-state index is 0. The lowest BCUT2D eigenvalue weighted by Gasteiger charge is -2.39. The first-order valence-electron chi connectivity index (χ1n) is 12.1. The number of piperazine rings is 1. The number of rotatable bonds is 5. The molecule has 2 atom stereocenters. The summed E-state index contributed by atoms with van der Waals surface area (Å²) in [7, 11) is 3.53. The van der Waals surface area contributed by atoms with Crippen molar-refractivity contribution in [1.29, 1.82) is 0 Å². The molecule has 3 fully saturated rings. The number of hydrogen-bond acceptors (Lipinski definition) is 4. The van der Waals surface area contributed by atoms with Crippen LogP contribution in [0.5, 0.6) is 0 Å². The number of piperidine rings is 1. The van der Waals surface area contributed by atoms with Gasteiger partial charge in [0.05, 0.1) is 6.54 Å². The van der Waals surface area contributed by atoms with Crippen molar-refractivity contribution >= 4 is 41.8 Å². The zero-order valence-corrected chi connectivity index (χ0v) is 22.7. The molecule has 0 radical (unpaired) electrons. The lowest BCUT2D eigenvalue weighted by atomic mass is 9.92. The molecule has 0 aromatic rings. The highest BCUT2D eigenvalue weighted by Gasteiger charge is 2.28. The molecular formula is C23H43IN6O2. The van der Waals surface area contributed by atoms with Crippen LogP contribution in [0.1, 0.15) is 46.0 Å². The second-order valence-corrected chi connectivity index (χ2v) is 10.1. The fourth-order valence-electron chi connectivity index (χ4n) is 5.05. The van der Waals surface area contributed by atoms with Crippen LogP contribution >= 0.6 is 24.0 Å². The molecule has 0 aromatic heterocycles. The monoisotopic (exact) mass is 562 g/mol. The van der Waals surface area contributed by atoms with Crippen molar-refractivity contribution in [3.63, 3.8) is 0 Å². The minimum Gasteiger partial charge on any atom is -0.353 e. The summed E-state index contributed by atoms with van der Waals surface area (Å²) < 4.78 is 0. The van der Waals surface area contributed by atoms with Gasteiger partial charge in [0.25, 0.3) is 0 Å². The standard InChI is InChI=1S/C23H42N6O2.HI/c1-18-13-19(2)16-29(15-18)22(31)17-27-9-11-28(12-10-27)23(24-14-21(30)26(3)4)25-20-7-5-6-8-20;/h18-20H,5-17H2,1-4H3,(H,24,25);1H. The van der Waals surface area contributed by atoms with E-state index in [9.17, 15) is 9.59 Å². The van der Waals surface area contributed by atoms with Crippen LogP contribution in [0.4, 0.5) is 0 Å². The Morgan fingerprint density at radius 2 is 1.56 bits per heavy atom. The Balaban J connectivity index is 0.00000363. The number of carbonyl (C=O) groups excluding carboxylic acids is 2. The summed E-state index contributed by atoms with van der Waals surface area (Å²) in [6, 6.07) is 0.455. The maximum atomic E-state index is 12.8. The van der Waals surface area contributed by atoms with Crippen LogP contribution in [-0.2, 0) is 9.59 Å². The largest absolute Gasteiger partial charge is 0.353 e. The van der Waals surface area contributed by atoms with E-state index in [2.05, 4.69) is 38.9 Å². The molecule has 1 N–H and O–H groups in total. The lowest BCUT2D eigenvalue weighted by Crippen LogP contribution is -2.56. The number of hydrogen-bond donors (Lipinski definition) is 1. The third-order valence-electron chi connectivity index (χ3n) is 6.80. The van der Waals surface area contributed by atoms with Crippen molar-refractivity contribution in [3.05, 3.63) is 0 Å². The van der Waals surface area contributed by atoms with Crippen LogP contribution < -0.4 is 5.32 Å². The zero-order chi connectivity index (χ0) is 22.4. The fraction of sp³-hybridized carbons (Fsp3) is 0.870. The summed E-state index contributed by atoms with van der Waals surface area (Å²) in [4.78, 5) is 37.7. The van der Waals surface area contributed by atoms with E-state index in [1.807, 2.05) is 0 Å². The molecule has 2 heterocycles. The quantitative estimate of drug-likeness (QED) is 0.314. The van der Waals surface area contributed by atoms with Gasteiger partial charge in [-0.1, -0.05) is 26.7 Å². The Morgan fingerprint density at radius 1 is 0.969 bits per heavy atom. The van der Waals surface area contributed by atoms with Crippen LogP contribution in [0.15, 0.2) is 4.99 Å². The van der Waals surface area contributed by atoms with Gasteiger partial charge in [-0.25, -0.2) is 4.99 Å². The Labute approximate surface area is 211 Å². The Morgan fingerprint density at radius 3 is 2.12 bits per heavy atom. The van der Waals surface area contributed by atoms with E-state index >= 15 is 0 Å². The maximum Gasteiger partial charge on any atom is 0.243 e. The van der Waals surface area contributed by atoms with Gasteiger partial charge in [0.1, 0.15) is 6.54 Å². The number of aliphatic imine (C=N–C) groups is 1. The van der Waals surface area contributed by atoms with Crippen LogP contribution in [0.25, 0.3) is 0 Å². The summed E-state index contributed by atoms with van der Waals surface area (Å²) in [6.07, 6.45) is 6.06. The molecule has 0 spiro atoms. The fourth-order valence-corrected chi connectivity index (χ4v) is 5.05. The second-order valence-electron chi connectivity index (χ2n) is 10.1. The molecule has 0 bridgehead atoms. The summed E-state index contributed by atoms with van der Waals surface area (Å²) in [5.41, 5.74) is 0. The van der Waals surface area contributed by atoms with Gasteiger partial charge in [0.15, 0.2) is 5.96 Å². The number of amides is 2. The van der Waals surface area contributed by atoms with Crippen LogP contribution in [0.2, 0.25) is 0 Å². The first-order chi connectivity index (χ1) is 14.8. The smallest absolute Gasteiger partial charge is 0.243 e. The molecule has 2 aliphatic heterocycles.